The molecule has 1 aromatic heterocycles. The standard InChI is InChI=1S/C23H27N3O7S/c1-3-32-19-9-6-15(11-21(19)31-2)13-24-22(27)16-5-4-10-26(14-16)34(29,30)17-7-8-18-20(12-17)33-23(28)25-18/h6-9,11-12,16H,3-5,10,13-14H2,1-2H3,(H,24,27)(H,25,28). The van der Waals surface area contributed by atoms with Gasteiger partial charge >= 0.3 is 5.76 Å². The number of carbonyl (C=O) groups excluding carboxylic acids is 1. The van der Waals surface area contributed by atoms with E-state index in [0.29, 0.717) is 43.0 Å². The molecule has 182 valence electrons. The van der Waals surface area contributed by atoms with Gasteiger partial charge in [0.2, 0.25) is 15.9 Å². The van der Waals surface area contributed by atoms with Gasteiger partial charge in [0.1, 0.15) is 0 Å². The number of fused-ring (bicyclic) bond motifs is 1. The third-order valence-corrected chi connectivity index (χ3v) is 7.64. The normalized spacial score (nSPS) is 16.9. The minimum Gasteiger partial charge on any atom is -0.493 e. The molecular formula is C23H27N3O7S. The van der Waals surface area contributed by atoms with E-state index in [1.54, 1.807) is 19.2 Å². The Bertz CT molecular complexity index is 1350. The Balaban J connectivity index is 1.42. The molecule has 1 unspecified atom stereocenters. The highest BCUT2D eigenvalue weighted by atomic mass is 32.2. The molecule has 1 aliphatic rings. The number of H-pyrrole nitrogens is 1. The topological polar surface area (TPSA) is 131 Å². The summed E-state index contributed by atoms with van der Waals surface area (Å²) in [5.41, 5.74) is 1.43. The van der Waals surface area contributed by atoms with Crippen molar-refractivity contribution in [2.24, 2.45) is 5.92 Å². The summed E-state index contributed by atoms with van der Waals surface area (Å²) < 4.78 is 43.5. The number of piperidine rings is 1. The number of hydrogen-bond donors (Lipinski definition) is 2. The molecule has 1 amide bonds. The average Bonchev–Trinajstić information content (AvgIpc) is 3.22. The zero-order valence-corrected chi connectivity index (χ0v) is 19.8. The van der Waals surface area contributed by atoms with Gasteiger partial charge in [0.25, 0.3) is 0 Å². The van der Waals surface area contributed by atoms with Gasteiger partial charge in [-0.3, -0.25) is 9.78 Å². The Morgan fingerprint density at radius 1 is 1.24 bits per heavy atom. The Morgan fingerprint density at radius 3 is 2.82 bits per heavy atom. The molecule has 0 aliphatic carbocycles. The number of rotatable bonds is 8. The predicted octanol–water partition coefficient (Wildman–Crippen LogP) is 2.25. The van der Waals surface area contributed by atoms with E-state index in [-0.39, 0.29) is 29.5 Å². The van der Waals surface area contributed by atoms with E-state index in [1.807, 2.05) is 13.0 Å². The Labute approximate surface area is 196 Å². The third kappa shape index (κ3) is 4.95. The lowest BCUT2D eigenvalue weighted by Crippen LogP contribution is -2.45. The SMILES string of the molecule is CCOc1ccc(CNC(=O)C2CCCN(S(=O)(=O)c3ccc4[nH]c(=O)oc4c3)C2)cc1OC. The van der Waals surface area contributed by atoms with Crippen molar-refractivity contribution in [3.8, 4) is 11.5 Å². The van der Waals surface area contributed by atoms with E-state index in [4.69, 9.17) is 13.9 Å². The van der Waals surface area contributed by atoms with Crippen molar-refractivity contribution >= 4 is 27.0 Å². The smallest absolute Gasteiger partial charge is 0.417 e. The molecule has 2 aromatic carbocycles. The van der Waals surface area contributed by atoms with Gasteiger partial charge in [-0.25, -0.2) is 13.2 Å². The molecule has 34 heavy (non-hydrogen) atoms. The van der Waals surface area contributed by atoms with Crippen molar-refractivity contribution in [3.05, 3.63) is 52.5 Å². The lowest BCUT2D eigenvalue weighted by Gasteiger charge is -2.31. The number of oxazole rings is 1. The summed E-state index contributed by atoms with van der Waals surface area (Å²) in [5, 5.41) is 2.90. The van der Waals surface area contributed by atoms with Crippen LogP contribution in [0.5, 0.6) is 11.5 Å². The van der Waals surface area contributed by atoms with Crippen LogP contribution in [0.15, 0.2) is 50.5 Å². The van der Waals surface area contributed by atoms with Gasteiger partial charge in [0.05, 0.1) is 30.0 Å². The zero-order chi connectivity index (χ0) is 24.3. The molecule has 10 nitrogen and oxygen atoms in total. The van der Waals surface area contributed by atoms with Crippen LogP contribution in [0.4, 0.5) is 0 Å². The van der Waals surface area contributed by atoms with Gasteiger partial charge in [0.15, 0.2) is 17.1 Å². The summed E-state index contributed by atoms with van der Waals surface area (Å²) in [6, 6.07) is 9.69. The molecular weight excluding hydrogens is 462 g/mol. The van der Waals surface area contributed by atoms with Gasteiger partial charge in [-0.1, -0.05) is 6.07 Å². The summed E-state index contributed by atoms with van der Waals surface area (Å²) in [6.07, 6.45) is 1.16. The van der Waals surface area contributed by atoms with Crippen molar-refractivity contribution in [1.82, 2.24) is 14.6 Å². The number of nitrogens with one attached hydrogen (secondary N) is 2. The van der Waals surface area contributed by atoms with Crippen LogP contribution in [0.25, 0.3) is 11.1 Å². The van der Waals surface area contributed by atoms with Crippen molar-refractivity contribution < 1.29 is 27.1 Å². The molecule has 0 bridgehead atoms. The minimum atomic E-state index is -3.85. The van der Waals surface area contributed by atoms with E-state index >= 15 is 0 Å². The van der Waals surface area contributed by atoms with E-state index in [9.17, 15) is 18.0 Å². The van der Waals surface area contributed by atoms with Crippen molar-refractivity contribution in [2.45, 2.75) is 31.2 Å². The van der Waals surface area contributed by atoms with Crippen molar-refractivity contribution in [3.63, 3.8) is 0 Å². The molecule has 0 spiro atoms. The van der Waals surface area contributed by atoms with Gasteiger partial charge in [0, 0.05) is 25.7 Å². The Morgan fingerprint density at radius 2 is 2.06 bits per heavy atom. The van der Waals surface area contributed by atoms with E-state index in [1.165, 1.54) is 22.5 Å². The van der Waals surface area contributed by atoms with Crippen LogP contribution in [-0.2, 0) is 21.4 Å². The first-order valence-corrected chi connectivity index (χ1v) is 12.5. The number of ether oxygens (including phenoxy) is 2. The van der Waals surface area contributed by atoms with Crippen molar-refractivity contribution in [2.75, 3.05) is 26.8 Å². The molecule has 3 aromatic rings. The van der Waals surface area contributed by atoms with Gasteiger partial charge in [-0.2, -0.15) is 4.31 Å². The number of aromatic nitrogens is 1. The second kappa shape index (κ2) is 9.90. The molecule has 2 N–H and O–H groups in total. The highest BCUT2D eigenvalue weighted by molar-refractivity contribution is 7.89. The molecule has 1 aliphatic heterocycles. The monoisotopic (exact) mass is 489 g/mol. The summed E-state index contributed by atoms with van der Waals surface area (Å²) in [4.78, 5) is 26.7. The van der Waals surface area contributed by atoms with E-state index in [0.717, 1.165) is 5.56 Å². The second-order valence-electron chi connectivity index (χ2n) is 8.01. The number of sulfonamides is 1. The lowest BCUT2D eigenvalue weighted by molar-refractivity contribution is -0.126. The highest BCUT2D eigenvalue weighted by Crippen LogP contribution is 2.29. The van der Waals surface area contributed by atoms with Crippen LogP contribution in [-0.4, -0.2) is 50.4 Å². The second-order valence-corrected chi connectivity index (χ2v) is 9.95. The quantitative estimate of drug-likeness (QED) is 0.496. The molecule has 1 atom stereocenters. The van der Waals surface area contributed by atoms with E-state index < -0.39 is 21.7 Å². The maximum Gasteiger partial charge on any atom is 0.417 e. The summed E-state index contributed by atoms with van der Waals surface area (Å²) >= 11 is 0. The van der Waals surface area contributed by atoms with Gasteiger partial charge in [-0.05, 0) is 49.6 Å². The van der Waals surface area contributed by atoms with Crippen LogP contribution in [0.2, 0.25) is 0 Å². The Kier molecular flexibility index (Phi) is 6.94. The van der Waals surface area contributed by atoms with Gasteiger partial charge in [-0.15, -0.1) is 0 Å². The fourth-order valence-corrected chi connectivity index (χ4v) is 5.58. The van der Waals surface area contributed by atoms with Crippen LogP contribution < -0.4 is 20.5 Å². The summed E-state index contributed by atoms with van der Waals surface area (Å²) in [6.45, 7) is 3.08. The fraction of sp³-hybridized carbons (Fsp3) is 0.391. The maximum absolute atomic E-state index is 13.2. The summed E-state index contributed by atoms with van der Waals surface area (Å²) in [5.74, 6) is -0.115. The van der Waals surface area contributed by atoms with Crippen LogP contribution in [0.1, 0.15) is 25.3 Å². The van der Waals surface area contributed by atoms with Gasteiger partial charge < -0.3 is 19.2 Å². The minimum absolute atomic E-state index is 0.0188. The van der Waals surface area contributed by atoms with Crippen molar-refractivity contribution in [1.29, 1.82) is 0 Å². The number of nitrogens with zero attached hydrogens (tertiary/aromatic N) is 1. The molecule has 1 fully saturated rings. The fourth-order valence-electron chi connectivity index (χ4n) is 4.04. The van der Waals surface area contributed by atoms with Crippen LogP contribution in [0, 0.1) is 5.92 Å². The third-order valence-electron chi connectivity index (χ3n) is 5.78. The number of hydrogen-bond acceptors (Lipinski definition) is 7. The van der Waals surface area contributed by atoms with E-state index in [2.05, 4.69) is 10.3 Å². The lowest BCUT2D eigenvalue weighted by atomic mass is 9.98. The number of benzene rings is 2. The Hall–Kier alpha value is -3.31. The zero-order valence-electron chi connectivity index (χ0n) is 19.0. The summed E-state index contributed by atoms with van der Waals surface area (Å²) in [7, 11) is -2.30. The molecule has 2 heterocycles. The average molecular weight is 490 g/mol. The first kappa shape index (κ1) is 23.8. The van der Waals surface area contributed by atoms with Crippen LogP contribution in [0.3, 0.4) is 0 Å². The molecule has 1 saturated heterocycles. The number of amides is 1. The molecule has 11 heteroatoms. The van der Waals surface area contributed by atoms with Crippen LogP contribution >= 0.6 is 0 Å². The first-order valence-electron chi connectivity index (χ1n) is 11.0. The highest BCUT2D eigenvalue weighted by Gasteiger charge is 2.33. The predicted molar refractivity (Wildman–Crippen MR) is 124 cm³/mol. The molecule has 4 rings (SSSR count). The number of aromatic amines is 1. The number of methoxy groups -OCH3 is 1. The largest absolute Gasteiger partial charge is 0.493 e. The first-order chi connectivity index (χ1) is 16.3. The number of carbonyl (C=O) groups is 1. The maximum atomic E-state index is 13.2. The molecule has 0 saturated carbocycles. The molecule has 0 radical (unpaired) electrons.